The van der Waals surface area contributed by atoms with E-state index >= 15 is 0 Å². The molecule has 4 aliphatic heterocycles. The number of carbonyl (C=O) groups excluding carboxylic acids is 6. The molecule has 4 saturated heterocycles. The largest absolute Gasteiger partial charge is 0.480 e. The number of nitrogens with zero attached hydrogens (tertiary/aromatic N) is 4. The molecule has 0 unspecified atom stereocenters. The van der Waals surface area contributed by atoms with E-state index in [4.69, 9.17) is 4.74 Å². The number of hydrogen-bond acceptors (Lipinski definition) is 10. The molecule has 5 N–H and O–H groups in total. The Balaban J connectivity index is 1.13. The van der Waals surface area contributed by atoms with E-state index in [0.717, 1.165) is 10.5 Å². The summed E-state index contributed by atoms with van der Waals surface area (Å²) in [7, 11) is 0. The maximum absolute atomic E-state index is 13.7. The van der Waals surface area contributed by atoms with Crippen molar-refractivity contribution in [3.8, 4) is 0 Å². The standard InChI is InChI=1S/C32H42N6O11/c39-20-12-24(28(43)33-14-26(41)35-10-5-9-23(35)30(45)38-17-21(40)13-25(38)31(46)47)37(16-20)29(44)22-8-4-11-36(22)27(42)15-34-32(48)49-18-19-6-2-1-3-7-19/h1-3,6-7,20-25,39-40H,4-5,8-18H2,(H,33,43)(H,34,48)(H,46,47)/t20-,21-,22+,23+,24+,25+/m1/s1. The topological polar surface area (TPSA) is 226 Å². The van der Waals surface area contributed by atoms with Crippen LogP contribution in [0.4, 0.5) is 4.79 Å². The number of likely N-dealkylation sites (tertiary alicyclic amines) is 4. The Morgan fingerprint density at radius 3 is 1.76 bits per heavy atom. The van der Waals surface area contributed by atoms with E-state index in [1.165, 1.54) is 14.7 Å². The van der Waals surface area contributed by atoms with Crippen molar-refractivity contribution in [2.24, 2.45) is 0 Å². The molecule has 0 radical (unpaired) electrons. The highest BCUT2D eigenvalue weighted by molar-refractivity contribution is 5.96. The second-order valence-electron chi connectivity index (χ2n) is 12.8. The van der Waals surface area contributed by atoms with Crippen LogP contribution in [-0.2, 0) is 40.1 Å². The SMILES string of the molecule is O=C(NCC(=O)N1CCC[C@H]1C(=O)N1C[C@H](O)C[C@H]1C(=O)NCC(=O)N1CCC[C@H]1C(=O)N1C[C@H](O)C[C@H]1C(=O)O)OCc1ccccc1. The van der Waals surface area contributed by atoms with Crippen LogP contribution in [0.15, 0.2) is 30.3 Å². The second kappa shape index (κ2) is 15.6. The third kappa shape index (κ3) is 8.28. The van der Waals surface area contributed by atoms with Gasteiger partial charge in [0, 0.05) is 39.0 Å². The number of benzene rings is 1. The van der Waals surface area contributed by atoms with Crippen LogP contribution < -0.4 is 10.6 Å². The van der Waals surface area contributed by atoms with E-state index in [1.807, 2.05) is 6.07 Å². The predicted octanol–water partition coefficient (Wildman–Crippen LogP) is -1.98. The number of nitrogens with one attached hydrogen (secondary N) is 2. The Labute approximate surface area is 282 Å². The number of carbonyl (C=O) groups is 7. The molecular weight excluding hydrogens is 644 g/mol. The average molecular weight is 687 g/mol. The minimum absolute atomic E-state index is 0.0194. The number of aliphatic hydroxyl groups excluding tert-OH is 2. The molecule has 1 aromatic carbocycles. The second-order valence-corrected chi connectivity index (χ2v) is 12.8. The van der Waals surface area contributed by atoms with Crippen molar-refractivity contribution in [1.82, 2.24) is 30.2 Å². The average Bonchev–Trinajstić information content (AvgIpc) is 3.91. The van der Waals surface area contributed by atoms with Gasteiger partial charge in [-0.3, -0.25) is 24.0 Å². The lowest BCUT2D eigenvalue weighted by atomic mass is 10.1. The van der Waals surface area contributed by atoms with Crippen LogP contribution in [0.2, 0.25) is 0 Å². The van der Waals surface area contributed by atoms with Crippen molar-refractivity contribution in [1.29, 1.82) is 0 Å². The summed E-state index contributed by atoms with van der Waals surface area (Å²) >= 11 is 0. The molecule has 266 valence electrons. The number of β-amino-alcohol motifs (C(OH)–C–C–N with tert-alkyl or cyclic N) is 2. The first-order valence-electron chi connectivity index (χ1n) is 16.5. The van der Waals surface area contributed by atoms with Crippen LogP contribution in [0.1, 0.15) is 44.1 Å². The van der Waals surface area contributed by atoms with Crippen LogP contribution in [-0.4, -0.2) is 152 Å². The van der Waals surface area contributed by atoms with Crippen molar-refractivity contribution < 1.29 is 53.6 Å². The van der Waals surface area contributed by atoms with E-state index in [1.54, 1.807) is 24.3 Å². The lowest BCUT2D eigenvalue weighted by molar-refractivity contribution is -0.151. The van der Waals surface area contributed by atoms with Crippen LogP contribution in [0.25, 0.3) is 0 Å². The van der Waals surface area contributed by atoms with Gasteiger partial charge in [0.05, 0.1) is 18.8 Å². The Morgan fingerprint density at radius 2 is 1.20 bits per heavy atom. The molecule has 6 amide bonds. The van der Waals surface area contributed by atoms with Crippen LogP contribution in [0, 0.1) is 0 Å². The quantitative estimate of drug-likeness (QED) is 0.181. The zero-order chi connectivity index (χ0) is 35.2. The van der Waals surface area contributed by atoms with Crippen molar-refractivity contribution in [3.63, 3.8) is 0 Å². The molecule has 49 heavy (non-hydrogen) atoms. The number of alkyl carbamates (subject to hydrolysis) is 1. The fraction of sp³-hybridized carbons (Fsp3) is 0.594. The summed E-state index contributed by atoms with van der Waals surface area (Å²) in [6, 6.07) is 4.85. The summed E-state index contributed by atoms with van der Waals surface area (Å²) in [5.74, 6) is -4.13. The number of hydrogen-bond donors (Lipinski definition) is 5. The minimum atomic E-state index is -1.24. The number of ether oxygens (including phenoxy) is 1. The molecule has 0 aromatic heterocycles. The molecule has 17 nitrogen and oxygen atoms in total. The van der Waals surface area contributed by atoms with Gasteiger partial charge in [-0.1, -0.05) is 30.3 Å². The van der Waals surface area contributed by atoms with Gasteiger partial charge in [-0.05, 0) is 31.2 Å². The molecule has 17 heteroatoms. The predicted molar refractivity (Wildman–Crippen MR) is 167 cm³/mol. The van der Waals surface area contributed by atoms with Gasteiger partial charge < -0.3 is 50.3 Å². The maximum Gasteiger partial charge on any atom is 0.407 e. The summed E-state index contributed by atoms with van der Waals surface area (Å²) in [6.07, 6.45) is -1.35. The van der Waals surface area contributed by atoms with Gasteiger partial charge in [-0.15, -0.1) is 0 Å². The molecule has 6 atom stereocenters. The van der Waals surface area contributed by atoms with Gasteiger partial charge in [0.1, 0.15) is 37.3 Å². The normalized spacial score (nSPS) is 26.5. The van der Waals surface area contributed by atoms with E-state index < -0.39 is 91.1 Å². The number of aliphatic carboxylic acids is 1. The van der Waals surface area contributed by atoms with Crippen LogP contribution >= 0.6 is 0 Å². The molecular formula is C32H42N6O11. The molecule has 0 aliphatic carbocycles. The number of carboxylic acid groups (broad SMARTS) is 1. The lowest BCUT2D eigenvalue weighted by Gasteiger charge is -2.31. The number of carboxylic acids is 1. The van der Waals surface area contributed by atoms with E-state index in [9.17, 15) is 48.9 Å². The Kier molecular flexibility index (Phi) is 11.3. The Hall–Kier alpha value is -4.77. The molecule has 4 fully saturated rings. The maximum atomic E-state index is 13.7. The van der Waals surface area contributed by atoms with Crippen molar-refractivity contribution in [2.45, 2.75) is 81.5 Å². The zero-order valence-electron chi connectivity index (χ0n) is 26.9. The Morgan fingerprint density at radius 1 is 0.694 bits per heavy atom. The first-order valence-corrected chi connectivity index (χ1v) is 16.5. The third-order valence-electron chi connectivity index (χ3n) is 9.44. The van der Waals surface area contributed by atoms with Gasteiger partial charge in [0.2, 0.25) is 29.5 Å². The summed E-state index contributed by atoms with van der Waals surface area (Å²) in [6.45, 7) is -0.702. The Bertz CT molecular complexity index is 1440. The summed E-state index contributed by atoms with van der Waals surface area (Å²) < 4.78 is 5.13. The van der Waals surface area contributed by atoms with Gasteiger partial charge in [-0.25, -0.2) is 9.59 Å². The van der Waals surface area contributed by atoms with Crippen molar-refractivity contribution in [2.75, 3.05) is 39.3 Å². The summed E-state index contributed by atoms with van der Waals surface area (Å²) in [5, 5.41) is 34.7. The fourth-order valence-corrected chi connectivity index (χ4v) is 7.03. The van der Waals surface area contributed by atoms with Gasteiger partial charge in [0.25, 0.3) is 0 Å². The van der Waals surface area contributed by atoms with Crippen LogP contribution in [0.5, 0.6) is 0 Å². The van der Waals surface area contributed by atoms with E-state index in [2.05, 4.69) is 10.6 Å². The number of aliphatic hydroxyl groups is 2. The van der Waals surface area contributed by atoms with Gasteiger partial charge in [-0.2, -0.15) is 0 Å². The zero-order valence-corrected chi connectivity index (χ0v) is 26.9. The number of amides is 6. The first-order chi connectivity index (χ1) is 23.4. The smallest absolute Gasteiger partial charge is 0.407 e. The molecule has 5 rings (SSSR count). The summed E-state index contributed by atoms with van der Waals surface area (Å²) in [4.78, 5) is 95.0. The molecule has 0 spiro atoms. The van der Waals surface area contributed by atoms with E-state index in [-0.39, 0.29) is 45.6 Å². The monoisotopic (exact) mass is 686 g/mol. The highest BCUT2D eigenvalue weighted by atomic mass is 16.5. The van der Waals surface area contributed by atoms with Crippen molar-refractivity contribution >= 4 is 41.6 Å². The van der Waals surface area contributed by atoms with Gasteiger partial charge >= 0.3 is 12.1 Å². The fourth-order valence-electron chi connectivity index (χ4n) is 7.03. The lowest BCUT2D eigenvalue weighted by Crippen LogP contribution is -2.55. The van der Waals surface area contributed by atoms with Crippen molar-refractivity contribution in [3.05, 3.63) is 35.9 Å². The number of rotatable bonds is 10. The van der Waals surface area contributed by atoms with Gasteiger partial charge in [0.15, 0.2) is 0 Å². The highest BCUT2D eigenvalue weighted by Crippen LogP contribution is 2.27. The molecule has 0 saturated carbocycles. The summed E-state index contributed by atoms with van der Waals surface area (Å²) in [5.41, 5.74) is 0.773. The molecule has 4 heterocycles. The first kappa shape index (κ1) is 35.5. The van der Waals surface area contributed by atoms with E-state index in [0.29, 0.717) is 25.7 Å². The minimum Gasteiger partial charge on any atom is -0.480 e. The third-order valence-corrected chi connectivity index (χ3v) is 9.44. The van der Waals surface area contributed by atoms with Crippen LogP contribution in [0.3, 0.4) is 0 Å². The molecule has 1 aromatic rings. The highest BCUT2D eigenvalue weighted by Gasteiger charge is 2.46. The molecule has 4 aliphatic rings. The molecule has 0 bridgehead atoms.